The Labute approximate surface area is 271 Å². The third-order valence-electron chi connectivity index (χ3n) is 10.0. The first kappa shape index (κ1) is 32.2. The van der Waals surface area contributed by atoms with E-state index in [0.29, 0.717) is 24.2 Å². The number of phenols is 1. The van der Waals surface area contributed by atoms with E-state index < -0.39 is 64.4 Å². The summed E-state index contributed by atoms with van der Waals surface area (Å²) < 4.78 is 5.21. The molecule has 47 heavy (non-hydrogen) atoms. The molecule has 2 fully saturated rings. The van der Waals surface area contributed by atoms with Gasteiger partial charge in [-0.1, -0.05) is 42.5 Å². The number of amides is 1. The van der Waals surface area contributed by atoms with Gasteiger partial charge in [0.25, 0.3) is 0 Å². The van der Waals surface area contributed by atoms with E-state index in [-0.39, 0.29) is 24.2 Å². The topological polar surface area (TPSA) is 176 Å². The number of methoxy groups -OCH3 is 1. The number of ketones is 4. The summed E-state index contributed by atoms with van der Waals surface area (Å²) in [5, 5.41) is 26.0. The van der Waals surface area contributed by atoms with Crippen LogP contribution < -0.4 is 15.8 Å². The van der Waals surface area contributed by atoms with Gasteiger partial charge in [0, 0.05) is 19.0 Å². The minimum absolute atomic E-state index is 0.00219. The van der Waals surface area contributed by atoms with E-state index in [0.717, 1.165) is 22.4 Å². The monoisotopic (exact) mass is 639 g/mol. The smallest absolute Gasteiger partial charge is 0.235 e. The van der Waals surface area contributed by atoms with Crippen LogP contribution in [0.3, 0.4) is 0 Å². The van der Waals surface area contributed by atoms with Crippen molar-refractivity contribution in [3.8, 4) is 22.6 Å². The summed E-state index contributed by atoms with van der Waals surface area (Å²) >= 11 is 0. The number of likely N-dealkylation sites (N-methyl/N-ethyl adjacent to an activating group) is 1. The van der Waals surface area contributed by atoms with Crippen LogP contribution in [0, 0.1) is 23.7 Å². The number of rotatable bonds is 8. The molecule has 3 aromatic carbocycles. The van der Waals surface area contributed by atoms with E-state index in [2.05, 4.69) is 5.32 Å². The molecule has 11 nitrogen and oxygen atoms in total. The van der Waals surface area contributed by atoms with Crippen molar-refractivity contribution in [3.63, 3.8) is 0 Å². The van der Waals surface area contributed by atoms with Crippen molar-refractivity contribution in [1.82, 2.24) is 10.2 Å². The quantitative estimate of drug-likeness (QED) is 0.266. The molecule has 244 valence electrons. The van der Waals surface area contributed by atoms with E-state index in [1.54, 1.807) is 27.3 Å². The Morgan fingerprint density at radius 1 is 0.957 bits per heavy atom. The number of primary amides is 1. The van der Waals surface area contributed by atoms with Gasteiger partial charge in [-0.25, -0.2) is 0 Å². The number of Topliss-reactive ketones (excluding diaryl/α,β-unsaturated/α-hetero) is 4. The molecule has 0 heterocycles. The lowest BCUT2D eigenvalue weighted by molar-refractivity contribution is -0.181. The summed E-state index contributed by atoms with van der Waals surface area (Å²) in [4.78, 5) is 68.5. The van der Waals surface area contributed by atoms with Crippen molar-refractivity contribution in [2.75, 3.05) is 21.2 Å². The van der Waals surface area contributed by atoms with Gasteiger partial charge in [-0.3, -0.25) is 28.9 Å². The van der Waals surface area contributed by atoms with Crippen LogP contribution in [0.15, 0.2) is 60.7 Å². The Balaban J connectivity index is 1.28. The highest BCUT2D eigenvalue weighted by molar-refractivity contribution is 6.32. The third kappa shape index (κ3) is 5.24. The third-order valence-corrected chi connectivity index (χ3v) is 10.0. The van der Waals surface area contributed by atoms with Crippen LogP contribution in [-0.4, -0.2) is 77.0 Å². The lowest BCUT2D eigenvalue weighted by Crippen LogP contribution is -2.74. The molecule has 0 aliphatic heterocycles. The molecule has 3 aliphatic carbocycles. The Morgan fingerprint density at radius 3 is 2.15 bits per heavy atom. The molecule has 6 atom stereocenters. The zero-order chi connectivity index (χ0) is 33.8. The summed E-state index contributed by atoms with van der Waals surface area (Å²) in [7, 11) is 4.74. The molecule has 0 aromatic heterocycles. The average Bonchev–Trinajstić information content (AvgIpc) is 3.03. The number of phenolic OH excluding ortho intramolecular Hbond substituents is 1. The summed E-state index contributed by atoms with van der Waals surface area (Å²) in [5.74, 6) is -9.84. The first-order valence-electron chi connectivity index (χ1n) is 15.5. The van der Waals surface area contributed by atoms with Crippen LogP contribution in [-0.2, 0) is 38.7 Å². The molecular formula is C36H37N3O8. The highest BCUT2D eigenvalue weighted by Crippen LogP contribution is 2.51. The predicted molar refractivity (Wildman–Crippen MR) is 170 cm³/mol. The van der Waals surface area contributed by atoms with Gasteiger partial charge in [0.05, 0.1) is 24.6 Å². The fourth-order valence-electron chi connectivity index (χ4n) is 7.77. The second kappa shape index (κ2) is 12.1. The number of aromatic hydroxyl groups is 1. The van der Waals surface area contributed by atoms with E-state index >= 15 is 0 Å². The minimum atomic E-state index is -2.75. The number of nitrogens with zero attached hydrogens (tertiary/aromatic N) is 1. The lowest BCUT2D eigenvalue weighted by atomic mass is 9.52. The molecule has 0 radical (unpaired) electrons. The minimum Gasteiger partial charge on any atom is -0.507 e. The van der Waals surface area contributed by atoms with Gasteiger partial charge in [-0.2, -0.15) is 0 Å². The van der Waals surface area contributed by atoms with Gasteiger partial charge in [0.1, 0.15) is 11.5 Å². The summed E-state index contributed by atoms with van der Waals surface area (Å²) in [6.07, 6.45) is 0.193. The second-order valence-corrected chi connectivity index (χ2v) is 12.9. The number of ether oxygens (including phenoxy) is 1. The maximum Gasteiger partial charge on any atom is 0.235 e. The Morgan fingerprint density at radius 2 is 1.57 bits per heavy atom. The van der Waals surface area contributed by atoms with Gasteiger partial charge in [0.2, 0.25) is 5.91 Å². The van der Waals surface area contributed by atoms with Crippen molar-refractivity contribution in [2.45, 2.75) is 37.6 Å². The van der Waals surface area contributed by atoms with Crippen molar-refractivity contribution in [2.24, 2.45) is 29.4 Å². The van der Waals surface area contributed by atoms with Crippen molar-refractivity contribution in [1.29, 1.82) is 0 Å². The summed E-state index contributed by atoms with van der Waals surface area (Å²) in [6.45, 7) is 1.29. The summed E-state index contributed by atoms with van der Waals surface area (Å²) in [5.41, 5.74) is 6.85. The fraction of sp³-hybridized carbons (Fsp3) is 0.361. The zero-order valence-electron chi connectivity index (χ0n) is 26.4. The predicted octanol–water partition coefficient (Wildman–Crippen LogP) is 1.83. The van der Waals surface area contributed by atoms with Gasteiger partial charge < -0.3 is 26.0 Å². The molecule has 5 N–H and O–H groups in total. The van der Waals surface area contributed by atoms with Crippen LogP contribution in [0.2, 0.25) is 0 Å². The number of hydrogen-bond acceptors (Lipinski definition) is 10. The number of nitrogens with one attached hydrogen (secondary N) is 1. The SMILES string of the molecule is COc1ccc(CNCc2ccc(-c3ccc(O)c4c3C[C@H]3C[C@H]5C(N(C)C)C(=O)C(C(N)=O)C(=O)[C@@]5(O)C(=O)C3C4=O)cc2)cc1. The average molecular weight is 640 g/mol. The van der Waals surface area contributed by atoms with Gasteiger partial charge in [0.15, 0.2) is 34.7 Å². The van der Waals surface area contributed by atoms with Crippen LogP contribution in [0.5, 0.6) is 11.5 Å². The van der Waals surface area contributed by atoms with E-state index in [9.17, 15) is 34.2 Å². The van der Waals surface area contributed by atoms with Crippen LogP contribution in [0.1, 0.15) is 33.5 Å². The molecule has 3 unspecified atom stereocenters. The van der Waals surface area contributed by atoms with Crippen LogP contribution >= 0.6 is 0 Å². The number of hydrogen-bond donors (Lipinski definition) is 4. The first-order chi connectivity index (χ1) is 22.4. The van der Waals surface area contributed by atoms with E-state index in [4.69, 9.17) is 10.5 Å². The molecule has 3 aliphatic rings. The molecule has 2 saturated carbocycles. The van der Waals surface area contributed by atoms with E-state index in [1.165, 1.54) is 11.0 Å². The molecule has 0 saturated heterocycles. The highest BCUT2D eigenvalue weighted by atomic mass is 16.5. The normalized spacial score (nSPS) is 26.9. The van der Waals surface area contributed by atoms with Gasteiger partial charge in [-0.15, -0.1) is 0 Å². The van der Waals surface area contributed by atoms with Crippen LogP contribution in [0.25, 0.3) is 11.1 Å². The maximum atomic E-state index is 14.0. The Kier molecular flexibility index (Phi) is 8.33. The van der Waals surface area contributed by atoms with Crippen molar-refractivity contribution in [3.05, 3.63) is 82.9 Å². The number of carbonyl (C=O) groups excluding carboxylic acids is 5. The van der Waals surface area contributed by atoms with Crippen LogP contribution in [0.4, 0.5) is 0 Å². The Hall–Kier alpha value is -4.71. The number of fused-ring (bicyclic) bond motifs is 3. The van der Waals surface area contributed by atoms with Crippen molar-refractivity contribution >= 4 is 29.0 Å². The second-order valence-electron chi connectivity index (χ2n) is 12.9. The number of aliphatic hydroxyl groups is 1. The molecule has 6 rings (SSSR count). The summed E-state index contributed by atoms with van der Waals surface area (Å²) in [6, 6.07) is 17.6. The largest absolute Gasteiger partial charge is 0.507 e. The molecule has 11 heteroatoms. The Bertz CT molecular complexity index is 1780. The maximum absolute atomic E-state index is 14.0. The van der Waals surface area contributed by atoms with Gasteiger partial charge >= 0.3 is 0 Å². The molecule has 3 aromatic rings. The molecule has 0 bridgehead atoms. The first-order valence-corrected chi connectivity index (χ1v) is 15.5. The lowest BCUT2D eigenvalue weighted by Gasteiger charge is -2.52. The van der Waals surface area contributed by atoms with Crippen molar-refractivity contribution < 1.29 is 38.9 Å². The number of benzene rings is 3. The number of carbonyl (C=O) groups is 5. The highest BCUT2D eigenvalue weighted by Gasteiger charge is 2.69. The van der Waals surface area contributed by atoms with Gasteiger partial charge in [-0.05, 0) is 78.9 Å². The zero-order valence-corrected chi connectivity index (χ0v) is 26.4. The molecular weight excluding hydrogens is 602 g/mol. The molecule has 1 amide bonds. The van der Waals surface area contributed by atoms with E-state index in [1.807, 2.05) is 48.5 Å². The standard InChI is InChI=1S/C36H37N3O8/c1-39(2)30-25-15-21-14-24-23(20-8-4-18(5-9-20)16-38-17-19-6-10-22(47-3)11-7-19)12-13-26(40)28(24)31(41)27(21)33(43)36(25,46)34(44)29(32(30)42)35(37)45/h4-13,21,25,27,29-30,38,40,46H,14-17H2,1-3H3,(H2,37,45)/t21-,25-,27?,29?,30?,36-/m0/s1. The fourth-order valence-corrected chi connectivity index (χ4v) is 7.77. The number of nitrogens with two attached hydrogens (primary N) is 1. The molecule has 0 spiro atoms.